The summed E-state index contributed by atoms with van der Waals surface area (Å²) >= 11 is 0. The molecule has 1 amide bonds. The second-order valence-corrected chi connectivity index (χ2v) is 10.2. The second kappa shape index (κ2) is 9.76. The zero-order chi connectivity index (χ0) is 21.7. The Hall–Kier alpha value is -2.16. The number of hydrogen-bond donors (Lipinski definition) is 2. The van der Waals surface area contributed by atoms with Gasteiger partial charge in [0.1, 0.15) is 5.76 Å². The van der Waals surface area contributed by atoms with Crippen LogP contribution in [0.3, 0.4) is 0 Å². The minimum atomic E-state index is -3.68. The number of piperidine rings is 1. The first-order chi connectivity index (χ1) is 14.2. The predicted molar refractivity (Wildman–Crippen MR) is 115 cm³/mol. The van der Waals surface area contributed by atoms with Crippen LogP contribution in [0.25, 0.3) is 0 Å². The van der Waals surface area contributed by atoms with Crippen LogP contribution in [0.1, 0.15) is 43.3 Å². The highest BCUT2D eigenvalue weighted by atomic mass is 32.2. The third-order valence-corrected chi connectivity index (χ3v) is 6.71. The minimum absolute atomic E-state index is 0.00775. The molecular formula is C22H31N3O4S. The Kier molecular flexibility index (Phi) is 7.33. The molecule has 1 aromatic heterocycles. The summed E-state index contributed by atoms with van der Waals surface area (Å²) in [7, 11) is -3.68. The SMILES string of the molecule is CC1CC(C)CN(CC(C)NC(=O)c2ccc(S(=O)(=O)NCc3ccco3)cc2)C1. The molecule has 1 aliphatic rings. The standard InChI is InChI=1S/C22H31N3O4S/c1-16-11-17(2)14-25(13-16)15-18(3)24-22(26)19-6-8-21(9-7-19)30(27,28)23-12-20-5-4-10-29-20/h4-10,16-18,23H,11-15H2,1-3H3,(H,24,26). The van der Waals surface area contributed by atoms with Crippen LogP contribution in [0.2, 0.25) is 0 Å². The molecule has 2 aromatic rings. The molecule has 0 spiro atoms. The summed E-state index contributed by atoms with van der Waals surface area (Å²) in [6.07, 6.45) is 2.74. The number of amides is 1. The zero-order valence-electron chi connectivity index (χ0n) is 17.8. The molecule has 7 nitrogen and oxygen atoms in total. The number of nitrogens with one attached hydrogen (secondary N) is 2. The molecule has 0 saturated carbocycles. The van der Waals surface area contributed by atoms with Crippen LogP contribution < -0.4 is 10.0 Å². The summed E-state index contributed by atoms with van der Waals surface area (Å²) in [5.74, 6) is 1.68. The first-order valence-electron chi connectivity index (χ1n) is 10.4. The van der Waals surface area contributed by atoms with Crippen LogP contribution in [0, 0.1) is 11.8 Å². The average molecular weight is 434 g/mol. The quantitative estimate of drug-likeness (QED) is 0.668. The van der Waals surface area contributed by atoms with E-state index in [2.05, 4.69) is 28.8 Å². The molecule has 0 aliphatic carbocycles. The van der Waals surface area contributed by atoms with Gasteiger partial charge in [0.05, 0.1) is 17.7 Å². The number of rotatable bonds is 8. The summed E-state index contributed by atoms with van der Waals surface area (Å²) in [5, 5.41) is 3.02. The van der Waals surface area contributed by atoms with Crippen molar-refractivity contribution < 1.29 is 17.6 Å². The Morgan fingerprint density at radius 3 is 2.43 bits per heavy atom. The smallest absolute Gasteiger partial charge is 0.251 e. The molecule has 1 saturated heterocycles. The van der Waals surface area contributed by atoms with Crippen molar-refractivity contribution in [2.45, 2.75) is 44.7 Å². The molecule has 8 heteroatoms. The summed E-state index contributed by atoms with van der Waals surface area (Å²) in [6.45, 7) is 9.53. The van der Waals surface area contributed by atoms with Gasteiger partial charge < -0.3 is 14.6 Å². The maximum absolute atomic E-state index is 12.6. The van der Waals surface area contributed by atoms with E-state index in [1.807, 2.05) is 6.92 Å². The van der Waals surface area contributed by atoms with Crippen molar-refractivity contribution in [1.82, 2.24) is 14.9 Å². The normalized spacial score (nSPS) is 21.3. The van der Waals surface area contributed by atoms with Gasteiger partial charge in [-0.3, -0.25) is 4.79 Å². The lowest BCUT2D eigenvalue weighted by atomic mass is 9.92. The van der Waals surface area contributed by atoms with Gasteiger partial charge in [-0.25, -0.2) is 13.1 Å². The molecule has 3 unspecified atom stereocenters. The van der Waals surface area contributed by atoms with Gasteiger partial charge in [0.25, 0.3) is 5.91 Å². The summed E-state index contributed by atoms with van der Waals surface area (Å²) in [6, 6.07) is 9.36. The lowest BCUT2D eigenvalue weighted by Crippen LogP contribution is -2.47. The van der Waals surface area contributed by atoms with E-state index < -0.39 is 10.0 Å². The van der Waals surface area contributed by atoms with E-state index in [9.17, 15) is 13.2 Å². The second-order valence-electron chi connectivity index (χ2n) is 8.47. The number of nitrogens with zero attached hydrogens (tertiary/aromatic N) is 1. The Balaban J connectivity index is 1.54. The number of likely N-dealkylation sites (tertiary alicyclic amines) is 1. The maximum Gasteiger partial charge on any atom is 0.251 e. The number of benzene rings is 1. The molecular weight excluding hydrogens is 402 g/mol. The molecule has 3 rings (SSSR count). The summed E-state index contributed by atoms with van der Waals surface area (Å²) in [5.41, 5.74) is 0.437. The van der Waals surface area contributed by atoms with Crippen LogP contribution in [0.5, 0.6) is 0 Å². The Morgan fingerprint density at radius 2 is 1.83 bits per heavy atom. The molecule has 1 fully saturated rings. The average Bonchev–Trinajstić information content (AvgIpc) is 3.19. The molecule has 2 N–H and O–H groups in total. The predicted octanol–water partition coefficient (Wildman–Crippen LogP) is 2.85. The highest BCUT2D eigenvalue weighted by Crippen LogP contribution is 2.21. The molecule has 1 aliphatic heterocycles. The van der Waals surface area contributed by atoms with Crippen LogP contribution in [-0.2, 0) is 16.6 Å². The molecule has 0 bridgehead atoms. The monoisotopic (exact) mass is 433 g/mol. The third-order valence-electron chi connectivity index (χ3n) is 5.30. The van der Waals surface area contributed by atoms with Crippen molar-refractivity contribution in [2.75, 3.05) is 19.6 Å². The van der Waals surface area contributed by atoms with Gasteiger partial charge in [-0.05, 0) is 61.6 Å². The fraction of sp³-hybridized carbons (Fsp3) is 0.500. The Bertz CT molecular complexity index is 916. The number of hydrogen-bond acceptors (Lipinski definition) is 5. The van der Waals surface area contributed by atoms with E-state index in [-0.39, 0.29) is 23.4 Å². The Morgan fingerprint density at radius 1 is 1.17 bits per heavy atom. The molecule has 1 aromatic carbocycles. The van der Waals surface area contributed by atoms with Gasteiger partial charge in [-0.1, -0.05) is 13.8 Å². The first-order valence-corrected chi connectivity index (χ1v) is 11.9. The Labute approximate surface area is 178 Å². The van der Waals surface area contributed by atoms with Crippen molar-refractivity contribution >= 4 is 15.9 Å². The van der Waals surface area contributed by atoms with E-state index >= 15 is 0 Å². The van der Waals surface area contributed by atoms with Crippen molar-refractivity contribution in [2.24, 2.45) is 11.8 Å². The zero-order valence-corrected chi connectivity index (χ0v) is 18.6. The van der Waals surface area contributed by atoms with E-state index in [4.69, 9.17) is 4.42 Å². The summed E-state index contributed by atoms with van der Waals surface area (Å²) in [4.78, 5) is 15.1. The van der Waals surface area contributed by atoms with Crippen molar-refractivity contribution in [3.63, 3.8) is 0 Å². The van der Waals surface area contributed by atoms with Gasteiger partial charge in [0.2, 0.25) is 10.0 Å². The van der Waals surface area contributed by atoms with Gasteiger partial charge in [0.15, 0.2) is 0 Å². The fourth-order valence-electron chi connectivity index (χ4n) is 4.13. The molecule has 164 valence electrons. The highest BCUT2D eigenvalue weighted by Gasteiger charge is 2.23. The van der Waals surface area contributed by atoms with E-state index in [1.165, 1.54) is 36.9 Å². The van der Waals surface area contributed by atoms with Crippen LogP contribution in [0.15, 0.2) is 52.0 Å². The highest BCUT2D eigenvalue weighted by molar-refractivity contribution is 7.89. The van der Waals surface area contributed by atoms with E-state index in [0.29, 0.717) is 23.2 Å². The van der Waals surface area contributed by atoms with E-state index in [1.54, 1.807) is 12.1 Å². The van der Waals surface area contributed by atoms with Gasteiger partial charge in [-0.2, -0.15) is 0 Å². The van der Waals surface area contributed by atoms with Crippen molar-refractivity contribution in [1.29, 1.82) is 0 Å². The first kappa shape index (κ1) is 22.5. The van der Waals surface area contributed by atoms with Gasteiger partial charge in [-0.15, -0.1) is 0 Å². The van der Waals surface area contributed by atoms with Crippen molar-refractivity contribution in [3.05, 3.63) is 54.0 Å². The van der Waals surface area contributed by atoms with E-state index in [0.717, 1.165) is 19.6 Å². The number of sulfonamides is 1. The molecule has 2 heterocycles. The molecule has 3 atom stereocenters. The third kappa shape index (κ3) is 6.17. The molecule has 30 heavy (non-hydrogen) atoms. The van der Waals surface area contributed by atoms with Crippen LogP contribution in [0.4, 0.5) is 0 Å². The lowest BCUT2D eigenvalue weighted by Gasteiger charge is -2.36. The number of carbonyl (C=O) groups excluding carboxylic acids is 1. The topological polar surface area (TPSA) is 91.7 Å². The van der Waals surface area contributed by atoms with Gasteiger partial charge in [0, 0.05) is 31.2 Å². The fourth-order valence-corrected chi connectivity index (χ4v) is 5.12. The van der Waals surface area contributed by atoms with Gasteiger partial charge >= 0.3 is 0 Å². The minimum Gasteiger partial charge on any atom is -0.468 e. The molecule has 0 radical (unpaired) electrons. The largest absolute Gasteiger partial charge is 0.468 e. The summed E-state index contributed by atoms with van der Waals surface area (Å²) < 4.78 is 32.4. The number of carbonyl (C=O) groups is 1. The lowest BCUT2D eigenvalue weighted by molar-refractivity contribution is 0.0905. The van der Waals surface area contributed by atoms with Crippen LogP contribution in [-0.4, -0.2) is 44.9 Å². The maximum atomic E-state index is 12.6. The van der Waals surface area contributed by atoms with Crippen molar-refractivity contribution in [3.8, 4) is 0 Å². The van der Waals surface area contributed by atoms with Crippen LogP contribution >= 0.6 is 0 Å². The number of furan rings is 1.